The van der Waals surface area contributed by atoms with E-state index < -0.39 is 0 Å². The van der Waals surface area contributed by atoms with E-state index in [-0.39, 0.29) is 17.9 Å². The third-order valence-corrected chi connectivity index (χ3v) is 1.48. The molecule has 0 radical (unpaired) electrons. The number of hydrogen-bond donors (Lipinski definition) is 1. The molecule has 0 aliphatic heterocycles. The van der Waals surface area contributed by atoms with Crippen molar-refractivity contribution in [3.8, 4) is 0 Å². The molecule has 0 aliphatic carbocycles. The molecule has 1 atom stereocenters. The van der Waals surface area contributed by atoms with E-state index in [2.05, 4.69) is 0 Å². The van der Waals surface area contributed by atoms with Gasteiger partial charge in [-0.05, 0) is 20.0 Å². The Kier molecular flexibility index (Phi) is 3.36. The van der Waals surface area contributed by atoms with Gasteiger partial charge in [0.25, 0.3) is 0 Å². The largest absolute Gasteiger partial charge is 0.368 e. The van der Waals surface area contributed by atoms with Gasteiger partial charge in [0.2, 0.25) is 5.91 Å². The number of amides is 1. The maximum atomic E-state index is 10.8. The highest BCUT2D eigenvalue weighted by atomic mass is 16.1. The molecule has 0 saturated heterocycles. The average Bonchev–Trinajstić information content (AvgIpc) is 1.59. The molecule has 60 valence electrons. The Morgan fingerprint density at radius 3 is 1.80 bits per heavy atom. The summed E-state index contributed by atoms with van der Waals surface area (Å²) in [6.07, 6.45) is 0. The third kappa shape index (κ3) is 2.35. The van der Waals surface area contributed by atoms with Crippen LogP contribution >= 0.6 is 0 Å². The van der Waals surface area contributed by atoms with Crippen LogP contribution in [-0.4, -0.2) is 30.9 Å². The standard InChI is InChI=1S/C7H16N2O/c1-5(2)6(7(8)10)9(3)4/h5-6H,1-4H3,(H2,8,10)/t6-/m1/s1. The quantitative estimate of drug-likeness (QED) is 0.608. The van der Waals surface area contributed by atoms with Crippen molar-refractivity contribution in [1.29, 1.82) is 0 Å². The summed E-state index contributed by atoms with van der Waals surface area (Å²) in [5, 5.41) is 0. The van der Waals surface area contributed by atoms with E-state index in [1.54, 1.807) is 0 Å². The van der Waals surface area contributed by atoms with Crippen LogP contribution < -0.4 is 5.73 Å². The Balaban J connectivity index is 4.12. The number of primary amides is 1. The Morgan fingerprint density at radius 1 is 1.40 bits per heavy atom. The maximum absolute atomic E-state index is 10.8. The van der Waals surface area contributed by atoms with E-state index in [0.29, 0.717) is 0 Å². The first kappa shape index (κ1) is 9.43. The van der Waals surface area contributed by atoms with Crippen molar-refractivity contribution >= 4 is 5.91 Å². The first-order valence-corrected chi connectivity index (χ1v) is 3.42. The Bertz CT molecular complexity index is 113. The first-order valence-electron chi connectivity index (χ1n) is 3.42. The molecule has 0 rings (SSSR count). The molecule has 0 saturated carbocycles. The fourth-order valence-electron chi connectivity index (χ4n) is 1.18. The Labute approximate surface area is 62.2 Å². The summed E-state index contributed by atoms with van der Waals surface area (Å²) in [6, 6.07) is -0.139. The number of likely N-dealkylation sites (N-methyl/N-ethyl adjacent to an activating group) is 1. The summed E-state index contributed by atoms with van der Waals surface area (Å²) in [4.78, 5) is 12.6. The molecular formula is C7H16N2O. The number of hydrogen-bond acceptors (Lipinski definition) is 2. The molecular weight excluding hydrogens is 128 g/mol. The Morgan fingerprint density at radius 2 is 1.80 bits per heavy atom. The fraction of sp³-hybridized carbons (Fsp3) is 0.857. The van der Waals surface area contributed by atoms with Crippen LogP contribution in [0.4, 0.5) is 0 Å². The van der Waals surface area contributed by atoms with Crippen LogP contribution in [0.15, 0.2) is 0 Å². The van der Waals surface area contributed by atoms with Crippen LogP contribution in [0.25, 0.3) is 0 Å². The Hall–Kier alpha value is -0.570. The van der Waals surface area contributed by atoms with Gasteiger partial charge in [-0.25, -0.2) is 0 Å². The lowest BCUT2D eigenvalue weighted by atomic mass is 10.0. The topological polar surface area (TPSA) is 46.3 Å². The van der Waals surface area contributed by atoms with Gasteiger partial charge in [0, 0.05) is 0 Å². The van der Waals surface area contributed by atoms with Crippen molar-refractivity contribution in [3.05, 3.63) is 0 Å². The van der Waals surface area contributed by atoms with Crippen LogP contribution in [0.2, 0.25) is 0 Å². The van der Waals surface area contributed by atoms with E-state index in [0.717, 1.165) is 0 Å². The van der Waals surface area contributed by atoms with E-state index in [1.165, 1.54) is 0 Å². The molecule has 0 unspecified atom stereocenters. The number of nitrogens with two attached hydrogens (primary N) is 1. The van der Waals surface area contributed by atoms with Gasteiger partial charge in [-0.15, -0.1) is 0 Å². The molecule has 1 amide bonds. The molecule has 0 spiro atoms. The molecule has 0 fully saturated rings. The van der Waals surface area contributed by atoms with Gasteiger partial charge < -0.3 is 5.73 Å². The summed E-state index contributed by atoms with van der Waals surface area (Å²) in [6.45, 7) is 3.96. The number of carbonyl (C=O) groups excluding carboxylic acids is 1. The van der Waals surface area contributed by atoms with Gasteiger partial charge in [-0.3, -0.25) is 9.69 Å². The monoisotopic (exact) mass is 144 g/mol. The SMILES string of the molecule is CC(C)[C@H](C(N)=O)N(C)C. The van der Waals surface area contributed by atoms with Crippen molar-refractivity contribution < 1.29 is 4.79 Å². The predicted molar refractivity (Wildman–Crippen MR) is 41.5 cm³/mol. The molecule has 0 bridgehead atoms. The molecule has 2 N–H and O–H groups in total. The minimum atomic E-state index is -0.250. The second-order valence-electron chi connectivity index (χ2n) is 3.05. The van der Waals surface area contributed by atoms with Gasteiger partial charge in [0.1, 0.15) is 0 Å². The molecule has 10 heavy (non-hydrogen) atoms. The summed E-state index contributed by atoms with van der Waals surface area (Å²) in [7, 11) is 3.71. The number of rotatable bonds is 3. The molecule has 3 nitrogen and oxygen atoms in total. The lowest BCUT2D eigenvalue weighted by Crippen LogP contribution is -2.43. The maximum Gasteiger partial charge on any atom is 0.235 e. The molecule has 0 aliphatic rings. The van der Waals surface area contributed by atoms with E-state index in [9.17, 15) is 4.79 Å². The zero-order valence-electron chi connectivity index (χ0n) is 7.09. The minimum Gasteiger partial charge on any atom is -0.368 e. The zero-order valence-corrected chi connectivity index (χ0v) is 7.09. The van der Waals surface area contributed by atoms with Crippen LogP contribution in [0.5, 0.6) is 0 Å². The highest BCUT2D eigenvalue weighted by Gasteiger charge is 2.20. The second-order valence-corrected chi connectivity index (χ2v) is 3.05. The van der Waals surface area contributed by atoms with Crippen LogP contribution in [0, 0.1) is 5.92 Å². The van der Waals surface area contributed by atoms with E-state index in [1.807, 2.05) is 32.8 Å². The molecule has 0 aromatic rings. The van der Waals surface area contributed by atoms with Crippen LogP contribution in [0.3, 0.4) is 0 Å². The molecule has 0 aromatic heterocycles. The fourth-order valence-corrected chi connectivity index (χ4v) is 1.18. The highest BCUT2D eigenvalue weighted by Crippen LogP contribution is 2.05. The van der Waals surface area contributed by atoms with Gasteiger partial charge in [0.15, 0.2) is 0 Å². The van der Waals surface area contributed by atoms with Crippen molar-refractivity contribution in [2.45, 2.75) is 19.9 Å². The predicted octanol–water partition coefficient (Wildman–Crippen LogP) is 0.0579. The molecule has 3 heteroatoms. The van der Waals surface area contributed by atoms with Crippen LogP contribution in [-0.2, 0) is 4.79 Å². The third-order valence-electron chi connectivity index (χ3n) is 1.48. The lowest BCUT2D eigenvalue weighted by Gasteiger charge is -2.24. The normalized spacial score (nSPS) is 14.2. The van der Waals surface area contributed by atoms with Crippen molar-refractivity contribution in [3.63, 3.8) is 0 Å². The van der Waals surface area contributed by atoms with E-state index in [4.69, 9.17) is 5.73 Å². The minimum absolute atomic E-state index is 0.139. The molecule has 0 aromatic carbocycles. The van der Waals surface area contributed by atoms with E-state index >= 15 is 0 Å². The van der Waals surface area contributed by atoms with Crippen LogP contribution in [0.1, 0.15) is 13.8 Å². The van der Waals surface area contributed by atoms with Gasteiger partial charge in [-0.2, -0.15) is 0 Å². The summed E-state index contributed by atoms with van der Waals surface area (Å²) >= 11 is 0. The highest BCUT2D eigenvalue weighted by molar-refractivity contribution is 5.80. The summed E-state index contributed by atoms with van der Waals surface area (Å²) < 4.78 is 0. The van der Waals surface area contributed by atoms with Gasteiger partial charge in [-0.1, -0.05) is 13.8 Å². The average molecular weight is 144 g/mol. The van der Waals surface area contributed by atoms with Gasteiger partial charge in [0.05, 0.1) is 6.04 Å². The number of nitrogens with zero attached hydrogens (tertiary/aromatic N) is 1. The molecule has 0 heterocycles. The second kappa shape index (κ2) is 3.56. The lowest BCUT2D eigenvalue weighted by molar-refractivity contribution is -0.123. The van der Waals surface area contributed by atoms with Gasteiger partial charge >= 0.3 is 0 Å². The smallest absolute Gasteiger partial charge is 0.235 e. The van der Waals surface area contributed by atoms with Crippen molar-refractivity contribution in [1.82, 2.24) is 4.90 Å². The van der Waals surface area contributed by atoms with Crippen molar-refractivity contribution in [2.75, 3.05) is 14.1 Å². The summed E-state index contributed by atoms with van der Waals surface area (Å²) in [5.74, 6) is 0.0347. The summed E-state index contributed by atoms with van der Waals surface area (Å²) in [5.41, 5.74) is 5.16. The van der Waals surface area contributed by atoms with Crippen molar-refractivity contribution in [2.24, 2.45) is 11.7 Å². The first-order chi connectivity index (χ1) is 4.46. The number of carbonyl (C=O) groups is 1. The zero-order chi connectivity index (χ0) is 8.31.